The van der Waals surface area contributed by atoms with Gasteiger partial charge in [-0.05, 0) is 36.6 Å². The van der Waals surface area contributed by atoms with Crippen LogP contribution in [0.4, 0.5) is 0 Å². The van der Waals surface area contributed by atoms with Gasteiger partial charge < -0.3 is 19.1 Å². The number of halogens is 1. The number of likely N-dealkylation sites (tertiary alicyclic amines) is 1. The molecule has 0 aliphatic carbocycles. The molecule has 4 rings (SSSR count). The molecule has 2 aromatic rings. The van der Waals surface area contributed by atoms with Crippen molar-refractivity contribution in [2.24, 2.45) is 5.92 Å². The minimum absolute atomic E-state index is 0.0674. The summed E-state index contributed by atoms with van der Waals surface area (Å²) in [5.74, 6) is -0.0253. The number of alkyl halides is 1. The summed E-state index contributed by atoms with van der Waals surface area (Å²) in [6, 6.07) is 17.2. The van der Waals surface area contributed by atoms with Crippen LogP contribution in [0.15, 0.2) is 54.6 Å². The summed E-state index contributed by atoms with van der Waals surface area (Å²) < 4.78 is 16.8. The van der Waals surface area contributed by atoms with Gasteiger partial charge in [0.25, 0.3) is 0 Å². The molecule has 0 spiro atoms. The predicted octanol–water partition coefficient (Wildman–Crippen LogP) is 3.55. The molecular weight excluding hydrogens is 418 g/mol. The second kappa shape index (κ2) is 8.52. The largest absolute Gasteiger partial charge is 0.497 e. The van der Waals surface area contributed by atoms with Gasteiger partial charge in [0.15, 0.2) is 5.60 Å². The first-order chi connectivity index (χ1) is 15.0. The third-order valence-electron chi connectivity index (χ3n) is 6.47. The summed E-state index contributed by atoms with van der Waals surface area (Å²) in [6.07, 6.45) is 0.434. The molecule has 0 N–H and O–H groups in total. The maximum Gasteiger partial charge on any atom is 0.339 e. The van der Waals surface area contributed by atoms with Gasteiger partial charge in [-0.1, -0.05) is 42.5 Å². The SMILES string of the molecule is COc1ccc(CN2C(=O)[C@H](CCCl)[C@@]3(C)OC(=O)C23COCc2ccccc2)cc1. The topological polar surface area (TPSA) is 65.1 Å². The maximum absolute atomic E-state index is 13.4. The Morgan fingerprint density at radius 1 is 1.06 bits per heavy atom. The van der Waals surface area contributed by atoms with E-state index < -0.39 is 23.0 Å². The molecule has 2 aliphatic rings. The molecule has 2 aliphatic heterocycles. The van der Waals surface area contributed by atoms with E-state index in [0.717, 1.165) is 16.9 Å². The summed E-state index contributed by atoms with van der Waals surface area (Å²) in [7, 11) is 1.60. The molecule has 3 atom stereocenters. The van der Waals surface area contributed by atoms with Gasteiger partial charge in [0.2, 0.25) is 11.4 Å². The first kappa shape index (κ1) is 21.7. The highest BCUT2D eigenvalue weighted by molar-refractivity contribution is 6.18. The molecule has 0 radical (unpaired) electrons. The smallest absolute Gasteiger partial charge is 0.339 e. The Bertz CT molecular complexity index is 950. The van der Waals surface area contributed by atoms with Crippen LogP contribution >= 0.6 is 11.6 Å². The van der Waals surface area contributed by atoms with Crippen LogP contribution < -0.4 is 4.74 Å². The minimum atomic E-state index is -1.17. The van der Waals surface area contributed by atoms with E-state index in [1.54, 1.807) is 12.0 Å². The van der Waals surface area contributed by atoms with E-state index in [0.29, 0.717) is 18.9 Å². The Balaban J connectivity index is 1.62. The zero-order valence-electron chi connectivity index (χ0n) is 17.7. The van der Waals surface area contributed by atoms with E-state index >= 15 is 0 Å². The molecule has 2 heterocycles. The third-order valence-corrected chi connectivity index (χ3v) is 6.69. The standard InChI is InChI=1S/C24H26ClNO5/c1-23-20(12-13-25)21(27)26(14-17-8-10-19(29-2)11-9-17)24(23,22(28)31-23)16-30-15-18-6-4-3-5-7-18/h3-11,20H,12-16H2,1-2H3/t20-,23+,24?/m0/s1. The van der Waals surface area contributed by atoms with Crippen molar-refractivity contribution in [2.45, 2.75) is 37.6 Å². The Morgan fingerprint density at radius 3 is 2.39 bits per heavy atom. The van der Waals surface area contributed by atoms with Gasteiger partial charge >= 0.3 is 5.97 Å². The predicted molar refractivity (Wildman–Crippen MR) is 116 cm³/mol. The lowest BCUT2D eigenvalue weighted by Crippen LogP contribution is -2.76. The lowest BCUT2D eigenvalue weighted by atomic mass is 9.71. The summed E-state index contributed by atoms with van der Waals surface area (Å²) >= 11 is 6.00. The summed E-state index contributed by atoms with van der Waals surface area (Å²) in [4.78, 5) is 28.0. The van der Waals surface area contributed by atoms with Crippen molar-refractivity contribution in [2.75, 3.05) is 19.6 Å². The summed E-state index contributed by atoms with van der Waals surface area (Å²) in [6.45, 7) is 2.51. The van der Waals surface area contributed by atoms with Gasteiger partial charge in [0.1, 0.15) is 5.75 Å². The first-order valence-electron chi connectivity index (χ1n) is 10.3. The number of fused-ring (bicyclic) bond motifs is 1. The summed E-state index contributed by atoms with van der Waals surface area (Å²) in [5, 5.41) is 0. The lowest BCUT2D eigenvalue weighted by molar-refractivity contribution is -0.243. The fraction of sp³-hybridized carbons (Fsp3) is 0.417. The number of amides is 1. The fourth-order valence-electron chi connectivity index (χ4n) is 4.67. The lowest BCUT2D eigenvalue weighted by Gasteiger charge is -2.53. The van der Waals surface area contributed by atoms with E-state index in [-0.39, 0.29) is 19.1 Å². The van der Waals surface area contributed by atoms with Gasteiger partial charge in [-0.15, -0.1) is 11.6 Å². The van der Waals surface area contributed by atoms with Crippen LogP contribution in [0.25, 0.3) is 0 Å². The van der Waals surface area contributed by atoms with Crippen LogP contribution in [-0.2, 0) is 32.2 Å². The van der Waals surface area contributed by atoms with Gasteiger partial charge in [-0.2, -0.15) is 0 Å². The van der Waals surface area contributed by atoms with Crippen molar-refractivity contribution in [1.29, 1.82) is 0 Å². The molecule has 164 valence electrons. The number of ether oxygens (including phenoxy) is 3. The number of benzene rings is 2. The van der Waals surface area contributed by atoms with Crippen LogP contribution in [-0.4, -0.2) is 47.5 Å². The fourth-order valence-corrected chi connectivity index (χ4v) is 4.89. The number of esters is 1. The quantitative estimate of drug-likeness (QED) is 0.438. The van der Waals surface area contributed by atoms with Gasteiger partial charge in [0.05, 0.1) is 26.2 Å². The van der Waals surface area contributed by atoms with Crippen LogP contribution in [0.3, 0.4) is 0 Å². The van der Waals surface area contributed by atoms with E-state index in [1.165, 1.54) is 0 Å². The molecule has 31 heavy (non-hydrogen) atoms. The van der Waals surface area contributed by atoms with Crippen LogP contribution in [0, 0.1) is 5.92 Å². The van der Waals surface area contributed by atoms with E-state index in [4.69, 9.17) is 25.8 Å². The highest BCUT2D eigenvalue weighted by Crippen LogP contribution is 2.55. The van der Waals surface area contributed by atoms with Gasteiger partial charge in [0, 0.05) is 12.4 Å². The van der Waals surface area contributed by atoms with Crippen molar-refractivity contribution >= 4 is 23.5 Å². The average molecular weight is 444 g/mol. The third kappa shape index (κ3) is 3.48. The molecule has 1 unspecified atom stereocenters. The molecule has 2 saturated heterocycles. The van der Waals surface area contributed by atoms with Crippen LogP contribution in [0.1, 0.15) is 24.5 Å². The number of carbonyl (C=O) groups is 2. The summed E-state index contributed by atoms with van der Waals surface area (Å²) in [5.41, 5.74) is -0.254. The number of rotatable bonds is 9. The Labute approximate surface area is 187 Å². The van der Waals surface area contributed by atoms with E-state index in [2.05, 4.69) is 0 Å². The normalized spacial score (nSPS) is 26.9. The number of hydrogen-bond donors (Lipinski definition) is 0. The van der Waals surface area contributed by atoms with E-state index in [9.17, 15) is 9.59 Å². The van der Waals surface area contributed by atoms with Crippen molar-refractivity contribution < 1.29 is 23.8 Å². The Hall–Kier alpha value is -2.57. The van der Waals surface area contributed by atoms with E-state index in [1.807, 2.05) is 61.5 Å². The van der Waals surface area contributed by atoms with Gasteiger partial charge in [-0.3, -0.25) is 4.79 Å². The number of carbonyl (C=O) groups excluding carboxylic acids is 2. The Morgan fingerprint density at radius 2 is 1.77 bits per heavy atom. The van der Waals surface area contributed by atoms with Crippen molar-refractivity contribution in [1.82, 2.24) is 4.90 Å². The zero-order chi connectivity index (χ0) is 22.1. The second-order valence-electron chi connectivity index (χ2n) is 8.14. The molecule has 0 bridgehead atoms. The molecule has 6 nitrogen and oxygen atoms in total. The average Bonchev–Trinajstić information content (AvgIpc) is 2.91. The minimum Gasteiger partial charge on any atom is -0.497 e. The first-order valence-corrected chi connectivity index (χ1v) is 10.8. The molecule has 2 aromatic carbocycles. The molecule has 7 heteroatoms. The highest BCUT2D eigenvalue weighted by atomic mass is 35.5. The molecule has 0 saturated carbocycles. The zero-order valence-corrected chi connectivity index (χ0v) is 18.4. The molecule has 0 aromatic heterocycles. The second-order valence-corrected chi connectivity index (χ2v) is 8.52. The van der Waals surface area contributed by atoms with Crippen molar-refractivity contribution in [3.63, 3.8) is 0 Å². The number of methoxy groups -OCH3 is 1. The Kier molecular flexibility index (Phi) is 5.95. The molecular formula is C24H26ClNO5. The maximum atomic E-state index is 13.4. The van der Waals surface area contributed by atoms with Crippen molar-refractivity contribution in [3.05, 3.63) is 65.7 Å². The number of nitrogens with zero attached hydrogens (tertiary/aromatic N) is 1. The monoisotopic (exact) mass is 443 g/mol. The molecule has 1 amide bonds. The van der Waals surface area contributed by atoms with Crippen LogP contribution in [0.5, 0.6) is 5.75 Å². The van der Waals surface area contributed by atoms with Gasteiger partial charge in [-0.25, -0.2) is 4.79 Å². The highest BCUT2D eigenvalue weighted by Gasteiger charge is 2.79. The van der Waals surface area contributed by atoms with Crippen LogP contribution in [0.2, 0.25) is 0 Å². The van der Waals surface area contributed by atoms with Crippen molar-refractivity contribution in [3.8, 4) is 5.75 Å². The number of hydrogen-bond acceptors (Lipinski definition) is 5. The molecule has 2 fully saturated rings.